The second-order valence-corrected chi connectivity index (χ2v) is 5.98. The van der Waals surface area contributed by atoms with Gasteiger partial charge in [-0.2, -0.15) is 0 Å². The van der Waals surface area contributed by atoms with Crippen molar-refractivity contribution in [2.45, 2.75) is 18.9 Å². The molecule has 2 aromatic carbocycles. The predicted octanol–water partition coefficient (Wildman–Crippen LogP) is 2.43. The van der Waals surface area contributed by atoms with Gasteiger partial charge in [-0.3, -0.25) is 9.59 Å². The number of ether oxygens (including phenoxy) is 1. The summed E-state index contributed by atoms with van der Waals surface area (Å²) in [6, 6.07) is 16.8. The maximum atomic E-state index is 12.5. The van der Waals surface area contributed by atoms with Gasteiger partial charge in [0.1, 0.15) is 5.75 Å². The van der Waals surface area contributed by atoms with E-state index in [-0.39, 0.29) is 18.6 Å². The first kappa shape index (κ1) is 16.1. The summed E-state index contributed by atoms with van der Waals surface area (Å²) in [6.45, 7) is -0.177. The molecule has 0 spiro atoms. The smallest absolute Gasteiger partial charge is 0.255 e. The molecule has 24 heavy (non-hydrogen) atoms. The van der Waals surface area contributed by atoms with Crippen LogP contribution in [0, 0.1) is 5.92 Å². The molecule has 2 aromatic rings. The second kappa shape index (κ2) is 7.17. The number of benzene rings is 2. The summed E-state index contributed by atoms with van der Waals surface area (Å²) >= 11 is 0. The zero-order valence-electron chi connectivity index (χ0n) is 13.3. The van der Waals surface area contributed by atoms with Gasteiger partial charge in [-0.05, 0) is 48.6 Å². The first-order valence-electron chi connectivity index (χ1n) is 8.00. The van der Waals surface area contributed by atoms with Crippen LogP contribution >= 0.6 is 0 Å². The van der Waals surface area contributed by atoms with Crippen LogP contribution < -0.4 is 15.8 Å². The van der Waals surface area contributed by atoms with Crippen molar-refractivity contribution in [1.29, 1.82) is 0 Å². The number of rotatable bonds is 7. The minimum absolute atomic E-state index is 0.0458. The maximum absolute atomic E-state index is 12.5. The molecule has 1 saturated carbocycles. The number of nitrogens with one attached hydrogen (secondary N) is 1. The van der Waals surface area contributed by atoms with Crippen LogP contribution in [-0.4, -0.2) is 18.4 Å². The molecule has 3 rings (SSSR count). The molecule has 0 aromatic heterocycles. The lowest BCUT2D eigenvalue weighted by Crippen LogP contribution is -2.29. The number of carbonyl (C=O) groups excluding carboxylic acids is 2. The van der Waals surface area contributed by atoms with Crippen molar-refractivity contribution in [3.05, 3.63) is 65.7 Å². The average Bonchev–Trinajstić information content (AvgIpc) is 3.44. The Balaban J connectivity index is 1.66. The number of primary amides is 1. The lowest BCUT2D eigenvalue weighted by atomic mass is 10.0. The van der Waals surface area contributed by atoms with E-state index in [2.05, 4.69) is 5.32 Å². The molecule has 3 N–H and O–H groups in total. The van der Waals surface area contributed by atoms with Crippen LogP contribution in [0.1, 0.15) is 34.8 Å². The van der Waals surface area contributed by atoms with Crippen LogP contribution in [0.5, 0.6) is 5.75 Å². The van der Waals surface area contributed by atoms with E-state index < -0.39 is 5.91 Å². The molecular weight excluding hydrogens is 304 g/mol. The van der Waals surface area contributed by atoms with Crippen molar-refractivity contribution in [2.75, 3.05) is 6.61 Å². The molecule has 5 nitrogen and oxygen atoms in total. The molecular formula is C19H20N2O3. The molecule has 1 atom stereocenters. The Bertz CT molecular complexity index is 709. The van der Waals surface area contributed by atoms with E-state index in [4.69, 9.17) is 10.5 Å². The van der Waals surface area contributed by atoms with Crippen LogP contribution in [0.15, 0.2) is 54.6 Å². The highest BCUT2D eigenvalue weighted by molar-refractivity contribution is 5.94. The fourth-order valence-corrected chi connectivity index (χ4v) is 2.64. The summed E-state index contributed by atoms with van der Waals surface area (Å²) in [6.07, 6.45) is 2.28. The molecule has 124 valence electrons. The van der Waals surface area contributed by atoms with E-state index in [0.29, 0.717) is 17.2 Å². The summed E-state index contributed by atoms with van der Waals surface area (Å²) in [5.41, 5.74) is 6.73. The molecule has 1 fully saturated rings. The third-order valence-corrected chi connectivity index (χ3v) is 4.04. The van der Waals surface area contributed by atoms with Crippen LogP contribution in [0.4, 0.5) is 0 Å². The number of amides is 2. The number of carbonyl (C=O) groups is 2. The first-order valence-corrected chi connectivity index (χ1v) is 8.00. The van der Waals surface area contributed by atoms with Crippen LogP contribution in [0.25, 0.3) is 0 Å². The molecule has 2 amide bonds. The molecule has 0 aliphatic heterocycles. The molecule has 5 heteroatoms. The van der Waals surface area contributed by atoms with Crippen molar-refractivity contribution in [3.8, 4) is 5.75 Å². The lowest BCUT2D eigenvalue weighted by molar-refractivity contribution is -0.119. The van der Waals surface area contributed by atoms with Crippen LogP contribution in [0.2, 0.25) is 0 Å². The highest BCUT2D eigenvalue weighted by Gasteiger charge is 2.33. The number of nitrogens with two attached hydrogens (primary N) is 1. The number of hydrogen-bond acceptors (Lipinski definition) is 3. The topological polar surface area (TPSA) is 81.4 Å². The quantitative estimate of drug-likeness (QED) is 0.821. The summed E-state index contributed by atoms with van der Waals surface area (Å²) in [7, 11) is 0. The van der Waals surface area contributed by atoms with E-state index >= 15 is 0 Å². The van der Waals surface area contributed by atoms with E-state index in [0.717, 1.165) is 18.4 Å². The van der Waals surface area contributed by atoms with E-state index in [1.54, 1.807) is 24.3 Å². The minimum atomic E-state index is -0.535. The Labute approximate surface area is 140 Å². The normalized spacial score (nSPS) is 14.7. The summed E-state index contributed by atoms with van der Waals surface area (Å²) in [4.78, 5) is 23.2. The monoisotopic (exact) mass is 324 g/mol. The van der Waals surface area contributed by atoms with E-state index in [9.17, 15) is 9.59 Å². The van der Waals surface area contributed by atoms with Crippen molar-refractivity contribution in [3.63, 3.8) is 0 Å². The van der Waals surface area contributed by atoms with Crippen LogP contribution in [0.3, 0.4) is 0 Å². The minimum Gasteiger partial charge on any atom is -0.484 e. The van der Waals surface area contributed by atoms with Gasteiger partial charge < -0.3 is 15.8 Å². The Kier molecular flexibility index (Phi) is 4.79. The van der Waals surface area contributed by atoms with Gasteiger partial charge >= 0.3 is 0 Å². The highest BCUT2D eigenvalue weighted by Crippen LogP contribution is 2.41. The van der Waals surface area contributed by atoms with E-state index in [1.165, 1.54) is 0 Å². The third kappa shape index (κ3) is 4.13. The van der Waals surface area contributed by atoms with Gasteiger partial charge in [-0.1, -0.05) is 30.3 Å². The van der Waals surface area contributed by atoms with Gasteiger partial charge in [0.2, 0.25) is 0 Å². The molecule has 1 aliphatic rings. The molecule has 0 radical (unpaired) electrons. The number of hydrogen-bond donors (Lipinski definition) is 2. The Morgan fingerprint density at radius 2 is 1.75 bits per heavy atom. The zero-order valence-corrected chi connectivity index (χ0v) is 13.3. The van der Waals surface area contributed by atoms with Gasteiger partial charge in [0.05, 0.1) is 6.04 Å². The molecule has 0 heterocycles. The fourth-order valence-electron chi connectivity index (χ4n) is 2.64. The van der Waals surface area contributed by atoms with Crippen molar-refractivity contribution in [2.24, 2.45) is 11.7 Å². The summed E-state index contributed by atoms with van der Waals surface area (Å²) < 4.78 is 5.19. The fraction of sp³-hybridized carbons (Fsp3) is 0.263. The van der Waals surface area contributed by atoms with Crippen molar-refractivity contribution in [1.82, 2.24) is 5.32 Å². The largest absolute Gasteiger partial charge is 0.484 e. The average molecular weight is 324 g/mol. The summed E-state index contributed by atoms with van der Waals surface area (Å²) in [5, 5.41) is 3.13. The summed E-state index contributed by atoms with van der Waals surface area (Å²) in [5.74, 6) is 0.367. The maximum Gasteiger partial charge on any atom is 0.255 e. The van der Waals surface area contributed by atoms with Gasteiger partial charge in [-0.25, -0.2) is 0 Å². The van der Waals surface area contributed by atoms with Gasteiger partial charge in [0, 0.05) is 5.56 Å². The Morgan fingerprint density at radius 3 is 2.33 bits per heavy atom. The van der Waals surface area contributed by atoms with E-state index in [1.807, 2.05) is 30.3 Å². The Morgan fingerprint density at radius 1 is 1.08 bits per heavy atom. The predicted molar refractivity (Wildman–Crippen MR) is 90.5 cm³/mol. The zero-order chi connectivity index (χ0) is 16.9. The lowest BCUT2D eigenvalue weighted by Gasteiger charge is -2.19. The Hall–Kier alpha value is -2.82. The first-order chi connectivity index (χ1) is 11.6. The molecule has 1 unspecified atom stereocenters. The highest BCUT2D eigenvalue weighted by atomic mass is 16.5. The standard InChI is InChI=1S/C19H20N2O3/c20-17(22)12-24-16-10-8-15(9-11-16)19(23)21-18(14-6-7-14)13-4-2-1-3-5-13/h1-5,8-11,14,18H,6-7,12H2,(H2,20,22)(H,21,23). The molecule has 1 aliphatic carbocycles. The SMILES string of the molecule is NC(=O)COc1ccc(C(=O)NC(c2ccccc2)C2CC2)cc1. The molecule has 0 saturated heterocycles. The second-order valence-electron chi connectivity index (χ2n) is 5.98. The molecule has 0 bridgehead atoms. The van der Waals surface area contributed by atoms with Gasteiger partial charge in [0.25, 0.3) is 11.8 Å². The third-order valence-electron chi connectivity index (χ3n) is 4.04. The van der Waals surface area contributed by atoms with Gasteiger partial charge in [0.15, 0.2) is 6.61 Å². The van der Waals surface area contributed by atoms with Crippen molar-refractivity contribution >= 4 is 11.8 Å². The van der Waals surface area contributed by atoms with Crippen molar-refractivity contribution < 1.29 is 14.3 Å². The van der Waals surface area contributed by atoms with Crippen LogP contribution in [-0.2, 0) is 4.79 Å². The van der Waals surface area contributed by atoms with Gasteiger partial charge in [-0.15, -0.1) is 0 Å².